The predicted octanol–water partition coefficient (Wildman–Crippen LogP) is 5.99. The summed E-state index contributed by atoms with van der Waals surface area (Å²) >= 11 is 7.97. The number of para-hydroxylation sites is 2. The van der Waals surface area contributed by atoms with Gasteiger partial charge in [-0.05, 0) is 42.0 Å². The van der Waals surface area contributed by atoms with Crippen molar-refractivity contribution in [3.8, 4) is 0 Å². The number of halogens is 1. The number of amides is 1. The second-order valence-electron chi connectivity index (χ2n) is 7.63. The third-order valence-corrected chi connectivity index (χ3v) is 7.69. The molecule has 1 aliphatic heterocycles. The predicted molar refractivity (Wildman–Crippen MR) is 140 cm³/mol. The van der Waals surface area contributed by atoms with Crippen LogP contribution in [0.5, 0.6) is 0 Å². The molecule has 0 N–H and O–H groups in total. The Morgan fingerprint density at radius 2 is 1.94 bits per heavy atom. The largest absolute Gasteiger partial charge is 0.465 e. The zero-order valence-electron chi connectivity index (χ0n) is 18.2. The van der Waals surface area contributed by atoms with Crippen LogP contribution in [-0.2, 0) is 10.5 Å². The van der Waals surface area contributed by atoms with Gasteiger partial charge in [0.2, 0.25) is 5.91 Å². The molecule has 1 aliphatic rings. The van der Waals surface area contributed by atoms with Gasteiger partial charge in [-0.15, -0.1) is 0 Å². The third kappa shape index (κ3) is 5.09. The molecule has 35 heavy (non-hydrogen) atoms. The van der Waals surface area contributed by atoms with E-state index in [0.29, 0.717) is 36.9 Å². The molecule has 2 aromatic heterocycles. The van der Waals surface area contributed by atoms with E-state index in [9.17, 15) is 14.0 Å². The molecule has 1 saturated heterocycles. The van der Waals surface area contributed by atoms with Crippen LogP contribution >= 0.6 is 35.7 Å². The summed E-state index contributed by atoms with van der Waals surface area (Å²) in [5.74, 6) is 0.364. The average Bonchev–Trinajstić information content (AvgIpc) is 3.56. The van der Waals surface area contributed by atoms with Crippen LogP contribution in [0.1, 0.15) is 22.5 Å². The van der Waals surface area contributed by atoms with Gasteiger partial charge >= 0.3 is 0 Å². The summed E-state index contributed by atoms with van der Waals surface area (Å²) in [7, 11) is 0. The van der Waals surface area contributed by atoms with Crippen LogP contribution in [0, 0.1) is 5.82 Å². The summed E-state index contributed by atoms with van der Waals surface area (Å²) in [6, 6.07) is 17.1. The molecule has 4 aromatic rings. The molecular formula is C25H18FN3O3S3. The smallest absolute Gasteiger partial charge is 0.266 e. The highest BCUT2D eigenvalue weighted by Gasteiger charge is 2.32. The van der Waals surface area contributed by atoms with Gasteiger partial charge in [0, 0.05) is 24.8 Å². The van der Waals surface area contributed by atoms with Gasteiger partial charge in [-0.1, -0.05) is 60.0 Å². The number of carbonyl (C=O) groups is 2. The molecule has 6 nitrogen and oxygen atoms in total. The molecule has 0 aliphatic carbocycles. The minimum Gasteiger partial charge on any atom is -0.465 e. The molecule has 1 fully saturated rings. The Hall–Kier alpha value is -3.21. The molecule has 5 rings (SSSR count). The van der Waals surface area contributed by atoms with Crippen molar-refractivity contribution >= 4 is 69.0 Å². The zero-order chi connectivity index (χ0) is 24.4. The van der Waals surface area contributed by atoms with Gasteiger partial charge in [0.15, 0.2) is 5.16 Å². The van der Waals surface area contributed by atoms with Crippen LogP contribution < -0.4 is 0 Å². The molecule has 1 amide bonds. The topological polar surface area (TPSA) is 68.3 Å². The summed E-state index contributed by atoms with van der Waals surface area (Å²) in [4.78, 5) is 32.7. The van der Waals surface area contributed by atoms with E-state index in [2.05, 4.69) is 4.98 Å². The van der Waals surface area contributed by atoms with Crippen molar-refractivity contribution in [3.05, 3.63) is 89.0 Å². The Balaban J connectivity index is 1.33. The number of fused-ring (bicyclic) bond motifs is 1. The second-order valence-corrected chi connectivity index (χ2v) is 10.2. The summed E-state index contributed by atoms with van der Waals surface area (Å²) in [5, 5.41) is 0.545. The number of aromatic nitrogens is 2. The molecule has 0 unspecified atom stereocenters. The minimum absolute atomic E-state index is 0.0743. The lowest BCUT2D eigenvalue weighted by Crippen LogP contribution is -2.31. The number of hydrogen-bond donors (Lipinski definition) is 0. The minimum atomic E-state index is -0.295. The molecule has 0 radical (unpaired) electrons. The molecule has 176 valence electrons. The summed E-state index contributed by atoms with van der Waals surface area (Å²) in [6.45, 7) is 0.160. The van der Waals surface area contributed by atoms with E-state index in [-0.39, 0.29) is 30.6 Å². The van der Waals surface area contributed by atoms with E-state index in [1.165, 1.54) is 46.8 Å². The van der Waals surface area contributed by atoms with Crippen LogP contribution in [0.3, 0.4) is 0 Å². The first-order chi connectivity index (χ1) is 17.0. The maximum absolute atomic E-state index is 13.3. The van der Waals surface area contributed by atoms with E-state index < -0.39 is 0 Å². The number of benzene rings is 2. The number of carbonyl (C=O) groups excluding carboxylic acids is 2. The van der Waals surface area contributed by atoms with Gasteiger partial charge in [0.25, 0.3) is 5.91 Å². The first kappa shape index (κ1) is 23.5. The Morgan fingerprint density at radius 3 is 2.71 bits per heavy atom. The second kappa shape index (κ2) is 10.2. The number of thiocarbonyl (C=S) groups is 1. The number of rotatable bonds is 7. The van der Waals surface area contributed by atoms with E-state index >= 15 is 0 Å². The third-order valence-electron chi connectivity index (χ3n) is 5.30. The van der Waals surface area contributed by atoms with E-state index in [4.69, 9.17) is 16.6 Å². The van der Waals surface area contributed by atoms with Gasteiger partial charge in [0.05, 0.1) is 22.2 Å². The fourth-order valence-electron chi connectivity index (χ4n) is 3.58. The van der Waals surface area contributed by atoms with E-state index in [0.717, 1.165) is 5.56 Å². The highest BCUT2D eigenvalue weighted by molar-refractivity contribution is 8.26. The van der Waals surface area contributed by atoms with Gasteiger partial charge < -0.3 is 4.42 Å². The summed E-state index contributed by atoms with van der Waals surface area (Å²) in [5.41, 5.74) is 2.32. The SMILES string of the molecule is O=C1C(=Cc2ccco2)SC(=S)N1CCC(=O)n1c(SCc2ccc(F)cc2)nc2ccccc21. The molecule has 3 heterocycles. The maximum atomic E-state index is 13.3. The van der Waals surface area contributed by atoms with Crippen molar-refractivity contribution in [1.82, 2.24) is 14.5 Å². The van der Waals surface area contributed by atoms with Crippen LogP contribution in [-0.4, -0.2) is 37.1 Å². The quantitative estimate of drug-likeness (QED) is 0.167. The van der Waals surface area contributed by atoms with Crippen LogP contribution in [0.4, 0.5) is 4.39 Å². The lowest BCUT2D eigenvalue weighted by Gasteiger charge is -2.14. The van der Waals surface area contributed by atoms with Gasteiger partial charge in [-0.3, -0.25) is 19.1 Å². The highest BCUT2D eigenvalue weighted by Crippen LogP contribution is 2.33. The molecule has 2 aromatic carbocycles. The Labute approximate surface area is 214 Å². The monoisotopic (exact) mass is 523 g/mol. The van der Waals surface area contributed by atoms with Crippen molar-refractivity contribution in [2.24, 2.45) is 0 Å². The van der Waals surface area contributed by atoms with E-state index in [1.807, 2.05) is 24.3 Å². The highest BCUT2D eigenvalue weighted by atomic mass is 32.2. The maximum Gasteiger partial charge on any atom is 0.266 e. The lowest BCUT2D eigenvalue weighted by atomic mass is 10.2. The van der Waals surface area contributed by atoms with E-state index in [1.54, 1.807) is 34.9 Å². The van der Waals surface area contributed by atoms with Crippen molar-refractivity contribution in [1.29, 1.82) is 0 Å². The standard InChI is InChI=1S/C25H18FN3O3S3/c26-17-9-7-16(8-10-17)15-34-24-27-19-5-1-2-6-20(19)29(24)22(30)11-12-28-23(31)21(35-25(28)33)14-18-4-3-13-32-18/h1-10,13-14H,11-12,15H2. The first-order valence-corrected chi connectivity index (χ1v) is 12.9. The molecule has 0 spiro atoms. The Morgan fingerprint density at radius 1 is 1.14 bits per heavy atom. The fourth-order valence-corrected chi connectivity index (χ4v) is 5.85. The normalized spacial score (nSPS) is 15.0. The molecular weight excluding hydrogens is 505 g/mol. The average molecular weight is 524 g/mol. The van der Waals surface area contributed by atoms with Gasteiger partial charge in [-0.2, -0.15) is 0 Å². The fraction of sp³-hybridized carbons (Fsp3) is 0.120. The zero-order valence-corrected chi connectivity index (χ0v) is 20.7. The van der Waals surface area contributed by atoms with Crippen molar-refractivity contribution in [2.45, 2.75) is 17.3 Å². The lowest BCUT2D eigenvalue weighted by molar-refractivity contribution is -0.122. The number of imidazole rings is 1. The summed E-state index contributed by atoms with van der Waals surface area (Å²) < 4.78 is 20.5. The molecule has 0 bridgehead atoms. The molecule has 0 atom stereocenters. The van der Waals surface area contributed by atoms with Crippen LogP contribution in [0.25, 0.3) is 17.1 Å². The number of nitrogens with zero attached hydrogens (tertiary/aromatic N) is 3. The van der Waals surface area contributed by atoms with Gasteiger partial charge in [-0.25, -0.2) is 9.37 Å². The Bertz CT molecular complexity index is 1450. The Kier molecular flexibility index (Phi) is 6.85. The van der Waals surface area contributed by atoms with Crippen LogP contribution in [0.15, 0.2) is 81.4 Å². The van der Waals surface area contributed by atoms with Crippen molar-refractivity contribution < 1.29 is 18.4 Å². The molecule has 0 saturated carbocycles. The van der Waals surface area contributed by atoms with Crippen molar-refractivity contribution in [3.63, 3.8) is 0 Å². The van der Waals surface area contributed by atoms with Gasteiger partial charge in [0.1, 0.15) is 15.9 Å². The first-order valence-electron chi connectivity index (χ1n) is 10.7. The van der Waals surface area contributed by atoms with Crippen LogP contribution in [0.2, 0.25) is 0 Å². The summed E-state index contributed by atoms with van der Waals surface area (Å²) in [6.07, 6.45) is 3.26. The number of furan rings is 1. The number of thioether (sulfide) groups is 2. The number of hydrogen-bond acceptors (Lipinski definition) is 7. The van der Waals surface area contributed by atoms with Crippen molar-refractivity contribution in [2.75, 3.05) is 6.54 Å². The molecule has 10 heteroatoms.